The summed E-state index contributed by atoms with van der Waals surface area (Å²) in [4.78, 5) is 14.8. The Morgan fingerprint density at radius 3 is 2.48 bits per heavy atom. The monoisotopic (exact) mass is 364 g/mol. The van der Waals surface area contributed by atoms with Gasteiger partial charge >= 0.3 is 0 Å². The minimum atomic E-state index is -0.335. The number of nitrogens with zero attached hydrogens (tertiary/aromatic N) is 4. The maximum absolute atomic E-state index is 12.5. The number of ether oxygens (including phenoxy) is 1. The third kappa shape index (κ3) is 5.83. The first-order chi connectivity index (χ1) is 13.2. The number of hydrogen-bond donors (Lipinski definition) is 2. The highest BCUT2D eigenvalue weighted by atomic mass is 16.5. The Hall–Kier alpha value is -3.38. The zero-order chi connectivity index (χ0) is 19.5. The molecule has 0 aliphatic carbocycles. The lowest BCUT2D eigenvalue weighted by atomic mass is 10.1. The SMILES string of the molecule is N#CC(C#N)=C(C#N)Nc1ccccc1C(=O)NCCCN1CCOCC1. The van der Waals surface area contributed by atoms with E-state index in [1.807, 2.05) is 0 Å². The molecule has 1 amide bonds. The molecule has 1 aromatic rings. The van der Waals surface area contributed by atoms with Crippen LogP contribution >= 0.6 is 0 Å². The highest BCUT2D eigenvalue weighted by molar-refractivity contribution is 6.00. The molecule has 1 aliphatic rings. The number of para-hydroxylation sites is 1. The summed E-state index contributed by atoms with van der Waals surface area (Å²) in [5.41, 5.74) is 0.181. The van der Waals surface area contributed by atoms with Crippen LogP contribution in [0.25, 0.3) is 0 Å². The van der Waals surface area contributed by atoms with Crippen LogP contribution in [0.1, 0.15) is 16.8 Å². The van der Waals surface area contributed by atoms with E-state index in [4.69, 9.17) is 20.5 Å². The van der Waals surface area contributed by atoms with Crippen LogP contribution in [0.3, 0.4) is 0 Å². The fourth-order valence-electron chi connectivity index (χ4n) is 2.63. The minimum absolute atomic E-state index is 0.187. The third-order valence-corrected chi connectivity index (χ3v) is 4.06. The summed E-state index contributed by atoms with van der Waals surface area (Å²) in [7, 11) is 0. The first-order valence-electron chi connectivity index (χ1n) is 8.58. The maximum Gasteiger partial charge on any atom is 0.253 e. The molecule has 8 heteroatoms. The Balaban J connectivity index is 1.97. The molecule has 0 atom stereocenters. The van der Waals surface area contributed by atoms with E-state index in [9.17, 15) is 4.79 Å². The average Bonchev–Trinajstić information content (AvgIpc) is 2.72. The van der Waals surface area contributed by atoms with Crippen molar-refractivity contribution in [1.82, 2.24) is 10.2 Å². The van der Waals surface area contributed by atoms with Gasteiger partial charge in [0.2, 0.25) is 0 Å². The van der Waals surface area contributed by atoms with Crippen molar-refractivity contribution in [3.05, 3.63) is 41.1 Å². The van der Waals surface area contributed by atoms with Gasteiger partial charge in [-0.15, -0.1) is 0 Å². The van der Waals surface area contributed by atoms with Crippen molar-refractivity contribution >= 4 is 11.6 Å². The van der Waals surface area contributed by atoms with E-state index < -0.39 is 0 Å². The summed E-state index contributed by atoms with van der Waals surface area (Å²) in [6, 6.07) is 11.8. The number of benzene rings is 1. The van der Waals surface area contributed by atoms with Crippen LogP contribution in [0, 0.1) is 34.0 Å². The van der Waals surface area contributed by atoms with Gasteiger partial charge in [0, 0.05) is 19.6 Å². The number of anilines is 1. The Bertz CT molecular complexity index is 806. The van der Waals surface area contributed by atoms with Crippen molar-refractivity contribution in [2.75, 3.05) is 44.7 Å². The van der Waals surface area contributed by atoms with Crippen LogP contribution in [0.4, 0.5) is 5.69 Å². The van der Waals surface area contributed by atoms with Gasteiger partial charge in [0.05, 0.1) is 24.5 Å². The molecular formula is C19H20N6O2. The van der Waals surface area contributed by atoms with E-state index in [1.54, 1.807) is 42.5 Å². The number of carbonyl (C=O) groups is 1. The normalized spacial score (nSPS) is 13.5. The molecule has 0 spiro atoms. The molecule has 0 bridgehead atoms. The zero-order valence-electron chi connectivity index (χ0n) is 14.9. The Labute approximate surface area is 158 Å². The summed E-state index contributed by atoms with van der Waals surface area (Å²) >= 11 is 0. The van der Waals surface area contributed by atoms with Gasteiger partial charge in [0.25, 0.3) is 5.91 Å². The fourth-order valence-corrected chi connectivity index (χ4v) is 2.63. The number of allylic oxidation sites excluding steroid dienone is 2. The molecule has 27 heavy (non-hydrogen) atoms. The van der Waals surface area contributed by atoms with E-state index in [2.05, 4.69) is 15.5 Å². The van der Waals surface area contributed by atoms with E-state index >= 15 is 0 Å². The zero-order valence-corrected chi connectivity index (χ0v) is 14.9. The standard InChI is InChI=1S/C19H20N6O2/c20-12-15(13-21)18(14-22)24-17-5-2-1-4-16(17)19(26)23-6-3-7-25-8-10-27-11-9-25/h1-2,4-5,24H,3,6-11H2,(H,23,26). The van der Waals surface area contributed by atoms with Crippen LogP contribution in [0.5, 0.6) is 0 Å². The quantitative estimate of drug-likeness (QED) is 0.553. The molecule has 2 rings (SSSR count). The first-order valence-corrected chi connectivity index (χ1v) is 8.58. The molecule has 2 N–H and O–H groups in total. The summed E-state index contributed by atoms with van der Waals surface area (Å²) in [6.45, 7) is 4.71. The van der Waals surface area contributed by atoms with E-state index in [1.165, 1.54) is 0 Å². The lowest BCUT2D eigenvalue weighted by Gasteiger charge is -2.26. The lowest BCUT2D eigenvalue weighted by Crippen LogP contribution is -2.38. The smallest absolute Gasteiger partial charge is 0.253 e. The molecule has 0 unspecified atom stereocenters. The van der Waals surface area contributed by atoms with Crippen molar-refractivity contribution in [2.24, 2.45) is 0 Å². The molecule has 1 saturated heterocycles. The summed E-state index contributed by atoms with van der Waals surface area (Å²) < 4.78 is 5.30. The molecule has 1 fully saturated rings. The topological polar surface area (TPSA) is 125 Å². The molecule has 0 aromatic heterocycles. The third-order valence-electron chi connectivity index (χ3n) is 4.06. The minimum Gasteiger partial charge on any atom is -0.379 e. The number of nitrogens with one attached hydrogen (secondary N) is 2. The second-order valence-electron chi connectivity index (χ2n) is 5.82. The summed E-state index contributed by atoms with van der Waals surface area (Å²) in [5, 5.41) is 32.6. The molecule has 1 aliphatic heterocycles. The number of morpholine rings is 1. The van der Waals surface area contributed by atoms with Crippen LogP contribution in [-0.2, 0) is 4.74 Å². The van der Waals surface area contributed by atoms with Gasteiger partial charge in [0.15, 0.2) is 5.57 Å². The molecule has 138 valence electrons. The maximum atomic E-state index is 12.5. The predicted molar refractivity (Wildman–Crippen MR) is 98.1 cm³/mol. The second kappa shape index (κ2) is 10.6. The van der Waals surface area contributed by atoms with Gasteiger partial charge in [-0.2, -0.15) is 15.8 Å². The average molecular weight is 364 g/mol. The molecule has 1 aromatic carbocycles. The van der Waals surface area contributed by atoms with E-state index in [0.717, 1.165) is 39.3 Å². The highest BCUT2D eigenvalue weighted by Gasteiger charge is 2.14. The molecule has 0 saturated carbocycles. The number of amides is 1. The molecule has 8 nitrogen and oxygen atoms in total. The van der Waals surface area contributed by atoms with Gasteiger partial charge in [-0.25, -0.2) is 0 Å². The highest BCUT2D eigenvalue weighted by Crippen LogP contribution is 2.18. The van der Waals surface area contributed by atoms with Gasteiger partial charge in [-0.3, -0.25) is 9.69 Å². The fraction of sp³-hybridized carbons (Fsp3) is 0.368. The summed E-state index contributed by atoms with van der Waals surface area (Å²) in [5.74, 6) is -0.284. The largest absolute Gasteiger partial charge is 0.379 e. The van der Waals surface area contributed by atoms with Gasteiger partial charge in [-0.05, 0) is 25.1 Å². The van der Waals surface area contributed by atoms with E-state index in [-0.39, 0.29) is 17.2 Å². The van der Waals surface area contributed by atoms with Gasteiger partial charge < -0.3 is 15.4 Å². The van der Waals surface area contributed by atoms with Crippen molar-refractivity contribution in [3.63, 3.8) is 0 Å². The van der Waals surface area contributed by atoms with Crippen molar-refractivity contribution < 1.29 is 9.53 Å². The molecule has 0 radical (unpaired) electrons. The Kier molecular flexibility index (Phi) is 7.81. The van der Waals surface area contributed by atoms with Crippen LogP contribution in [-0.4, -0.2) is 50.2 Å². The predicted octanol–water partition coefficient (Wildman–Crippen LogP) is 1.38. The van der Waals surface area contributed by atoms with E-state index in [0.29, 0.717) is 17.8 Å². The number of hydrogen-bond acceptors (Lipinski definition) is 7. The Morgan fingerprint density at radius 2 is 1.81 bits per heavy atom. The van der Waals surface area contributed by atoms with Crippen molar-refractivity contribution in [3.8, 4) is 18.2 Å². The number of rotatable bonds is 7. The van der Waals surface area contributed by atoms with Crippen LogP contribution in [0.2, 0.25) is 0 Å². The molecule has 1 heterocycles. The summed E-state index contributed by atoms with van der Waals surface area (Å²) in [6.07, 6.45) is 0.817. The first kappa shape index (κ1) is 19.9. The molecular weight excluding hydrogens is 344 g/mol. The van der Waals surface area contributed by atoms with Crippen LogP contribution in [0.15, 0.2) is 35.5 Å². The van der Waals surface area contributed by atoms with Crippen molar-refractivity contribution in [2.45, 2.75) is 6.42 Å². The number of nitriles is 3. The van der Waals surface area contributed by atoms with Crippen LogP contribution < -0.4 is 10.6 Å². The van der Waals surface area contributed by atoms with Gasteiger partial charge in [0.1, 0.15) is 23.9 Å². The number of carbonyl (C=O) groups excluding carboxylic acids is 1. The van der Waals surface area contributed by atoms with Gasteiger partial charge in [-0.1, -0.05) is 12.1 Å². The second-order valence-corrected chi connectivity index (χ2v) is 5.82. The van der Waals surface area contributed by atoms with Crippen molar-refractivity contribution in [1.29, 1.82) is 15.8 Å². The lowest BCUT2D eigenvalue weighted by molar-refractivity contribution is 0.0374. The Morgan fingerprint density at radius 1 is 1.11 bits per heavy atom.